The molecule has 0 aromatic carbocycles. The van der Waals surface area contributed by atoms with Gasteiger partial charge >= 0.3 is 0 Å². The van der Waals surface area contributed by atoms with Crippen LogP contribution in [0.25, 0.3) is 0 Å². The van der Waals surface area contributed by atoms with E-state index in [1.807, 2.05) is 6.07 Å². The molecule has 0 aliphatic heterocycles. The Labute approximate surface area is 108 Å². The van der Waals surface area contributed by atoms with Crippen molar-refractivity contribution in [3.8, 4) is 0 Å². The van der Waals surface area contributed by atoms with Crippen molar-refractivity contribution in [1.82, 2.24) is 5.32 Å². The number of thiophene rings is 1. The Balaban J connectivity index is 2.74. The van der Waals surface area contributed by atoms with Crippen molar-refractivity contribution >= 4 is 38.9 Å². The fraction of sp³-hybridized carbons (Fsp3) is 0.600. The van der Waals surface area contributed by atoms with Crippen LogP contribution in [0.3, 0.4) is 0 Å². The van der Waals surface area contributed by atoms with E-state index >= 15 is 0 Å². The fourth-order valence-electron chi connectivity index (χ4n) is 1.22. The molecule has 0 radical (unpaired) electrons. The molecule has 0 saturated heterocycles. The van der Waals surface area contributed by atoms with Crippen molar-refractivity contribution in [1.29, 1.82) is 0 Å². The third-order valence-electron chi connectivity index (χ3n) is 2.29. The van der Waals surface area contributed by atoms with Crippen LogP contribution in [0.2, 0.25) is 4.34 Å². The number of hydrogen-bond donors (Lipinski definition) is 2. The second-order valence-electron chi connectivity index (χ2n) is 3.48. The molecular weight excluding hydrogens is 298 g/mol. The molecule has 2 nitrogen and oxygen atoms in total. The second-order valence-corrected chi connectivity index (χ2v) is 6.02. The fourth-order valence-corrected chi connectivity index (χ4v) is 3.01. The molecule has 0 amide bonds. The van der Waals surface area contributed by atoms with Crippen molar-refractivity contribution in [2.45, 2.75) is 32.4 Å². The second kappa shape index (κ2) is 6.21. The summed E-state index contributed by atoms with van der Waals surface area (Å²) in [7, 11) is 0. The first-order valence-corrected chi connectivity index (χ1v) is 6.88. The van der Waals surface area contributed by atoms with Gasteiger partial charge in [-0.1, -0.05) is 18.5 Å². The Kier molecular flexibility index (Phi) is 5.57. The number of rotatable bonds is 5. The summed E-state index contributed by atoms with van der Waals surface area (Å²) in [6, 6.07) is 2.33. The molecule has 0 aliphatic rings. The Hall–Kier alpha value is 0.390. The zero-order chi connectivity index (χ0) is 11.4. The van der Waals surface area contributed by atoms with Crippen LogP contribution in [-0.4, -0.2) is 17.8 Å². The van der Waals surface area contributed by atoms with E-state index in [1.54, 1.807) is 0 Å². The lowest BCUT2D eigenvalue weighted by atomic mass is 10.2. The highest BCUT2D eigenvalue weighted by atomic mass is 79.9. The standard InChI is InChI=1S/C10H15BrClNOS/c1-3-6(2)13-8(5-14)9-4-7(11)10(12)15-9/h4,6,8,13-14H,3,5H2,1-2H3. The molecular formula is C10H15BrClNOS. The highest BCUT2D eigenvalue weighted by Gasteiger charge is 2.16. The Morgan fingerprint density at radius 2 is 2.33 bits per heavy atom. The molecule has 1 aromatic rings. The number of halogens is 2. The summed E-state index contributed by atoms with van der Waals surface area (Å²) in [4.78, 5) is 1.06. The van der Waals surface area contributed by atoms with Crippen LogP contribution in [0.1, 0.15) is 31.2 Å². The zero-order valence-corrected chi connectivity index (χ0v) is 11.9. The van der Waals surface area contributed by atoms with Gasteiger partial charge in [-0.25, -0.2) is 0 Å². The normalized spacial score (nSPS) is 15.3. The first kappa shape index (κ1) is 13.5. The van der Waals surface area contributed by atoms with Gasteiger partial charge in [-0.15, -0.1) is 11.3 Å². The van der Waals surface area contributed by atoms with Gasteiger partial charge in [-0.05, 0) is 35.3 Å². The van der Waals surface area contributed by atoms with E-state index < -0.39 is 0 Å². The quantitative estimate of drug-likeness (QED) is 0.871. The molecule has 0 bridgehead atoms. The molecule has 0 aliphatic carbocycles. The minimum atomic E-state index is -0.0197. The smallest absolute Gasteiger partial charge is 0.107 e. The summed E-state index contributed by atoms with van der Waals surface area (Å²) in [5.74, 6) is 0. The minimum absolute atomic E-state index is 0.0197. The molecule has 0 saturated carbocycles. The maximum atomic E-state index is 9.31. The summed E-state index contributed by atoms with van der Waals surface area (Å²) in [5.41, 5.74) is 0. The first-order chi connectivity index (χ1) is 7.08. The zero-order valence-electron chi connectivity index (χ0n) is 8.76. The van der Waals surface area contributed by atoms with Crippen LogP contribution < -0.4 is 5.32 Å². The maximum absolute atomic E-state index is 9.31. The van der Waals surface area contributed by atoms with Crippen molar-refractivity contribution in [2.75, 3.05) is 6.61 Å². The van der Waals surface area contributed by atoms with E-state index in [9.17, 15) is 5.11 Å². The van der Waals surface area contributed by atoms with Crippen molar-refractivity contribution < 1.29 is 5.11 Å². The maximum Gasteiger partial charge on any atom is 0.107 e. The van der Waals surface area contributed by atoms with Gasteiger partial charge in [0.15, 0.2) is 0 Å². The SMILES string of the molecule is CCC(C)NC(CO)c1cc(Br)c(Cl)s1. The molecule has 1 aromatic heterocycles. The van der Waals surface area contributed by atoms with E-state index in [0.29, 0.717) is 6.04 Å². The van der Waals surface area contributed by atoms with Crippen molar-refractivity contribution in [3.63, 3.8) is 0 Å². The molecule has 0 spiro atoms. The summed E-state index contributed by atoms with van der Waals surface area (Å²) in [6.07, 6.45) is 1.04. The number of nitrogens with one attached hydrogen (secondary N) is 1. The third kappa shape index (κ3) is 3.71. The van der Waals surface area contributed by atoms with Gasteiger partial charge in [0.25, 0.3) is 0 Å². The Bertz CT molecular complexity index is 299. The van der Waals surface area contributed by atoms with Crippen molar-refractivity contribution in [3.05, 3.63) is 19.8 Å². The van der Waals surface area contributed by atoms with E-state index in [4.69, 9.17) is 11.6 Å². The summed E-state index contributed by atoms with van der Waals surface area (Å²) < 4.78 is 1.63. The topological polar surface area (TPSA) is 32.3 Å². The van der Waals surface area contributed by atoms with Crippen LogP contribution in [0.15, 0.2) is 10.5 Å². The number of hydrogen-bond acceptors (Lipinski definition) is 3. The van der Waals surface area contributed by atoms with Crippen LogP contribution >= 0.6 is 38.9 Å². The minimum Gasteiger partial charge on any atom is -0.394 e. The van der Waals surface area contributed by atoms with Crippen LogP contribution in [0, 0.1) is 0 Å². The molecule has 86 valence electrons. The first-order valence-electron chi connectivity index (χ1n) is 4.90. The summed E-state index contributed by atoms with van der Waals surface area (Å²) >= 11 is 10.8. The molecule has 5 heteroatoms. The average molecular weight is 313 g/mol. The largest absolute Gasteiger partial charge is 0.394 e. The highest BCUT2D eigenvalue weighted by molar-refractivity contribution is 9.10. The van der Waals surface area contributed by atoms with Gasteiger partial charge in [0.2, 0.25) is 0 Å². The predicted molar refractivity (Wildman–Crippen MR) is 69.7 cm³/mol. The monoisotopic (exact) mass is 311 g/mol. The van der Waals surface area contributed by atoms with Gasteiger partial charge in [0.05, 0.1) is 12.6 Å². The number of aliphatic hydroxyl groups is 1. The van der Waals surface area contributed by atoms with E-state index in [1.165, 1.54) is 11.3 Å². The highest BCUT2D eigenvalue weighted by Crippen LogP contribution is 2.35. The average Bonchev–Trinajstić information content (AvgIpc) is 2.55. The Morgan fingerprint density at radius 1 is 1.67 bits per heavy atom. The Morgan fingerprint density at radius 3 is 2.73 bits per heavy atom. The molecule has 15 heavy (non-hydrogen) atoms. The molecule has 2 N–H and O–H groups in total. The molecule has 1 rings (SSSR count). The lowest BCUT2D eigenvalue weighted by molar-refractivity contribution is 0.236. The summed E-state index contributed by atoms with van der Waals surface area (Å²) in [6.45, 7) is 4.31. The van der Waals surface area contributed by atoms with Crippen LogP contribution in [0.5, 0.6) is 0 Å². The van der Waals surface area contributed by atoms with E-state index in [0.717, 1.165) is 20.1 Å². The van der Waals surface area contributed by atoms with E-state index in [2.05, 4.69) is 35.1 Å². The van der Waals surface area contributed by atoms with Crippen LogP contribution in [0.4, 0.5) is 0 Å². The van der Waals surface area contributed by atoms with Gasteiger partial charge < -0.3 is 10.4 Å². The molecule has 1 heterocycles. The van der Waals surface area contributed by atoms with Gasteiger partial charge in [-0.2, -0.15) is 0 Å². The van der Waals surface area contributed by atoms with E-state index in [-0.39, 0.29) is 12.6 Å². The van der Waals surface area contributed by atoms with Gasteiger partial charge in [0, 0.05) is 15.4 Å². The molecule has 2 atom stereocenters. The van der Waals surface area contributed by atoms with Crippen molar-refractivity contribution in [2.24, 2.45) is 0 Å². The van der Waals surface area contributed by atoms with Crippen LogP contribution in [-0.2, 0) is 0 Å². The molecule has 2 unspecified atom stereocenters. The summed E-state index contributed by atoms with van der Waals surface area (Å²) in [5, 5.41) is 12.7. The molecule has 0 fully saturated rings. The van der Waals surface area contributed by atoms with Gasteiger partial charge in [-0.3, -0.25) is 0 Å². The number of aliphatic hydroxyl groups excluding tert-OH is 1. The predicted octanol–water partition coefficient (Wildman–Crippen LogP) is 3.59. The third-order valence-corrected chi connectivity index (χ3v) is 4.88. The lowest BCUT2D eigenvalue weighted by Gasteiger charge is -2.19. The lowest BCUT2D eigenvalue weighted by Crippen LogP contribution is -2.31. The van der Waals surface area contributed by atoms with Gasteiger partial charge in [0.1, 0.15) is 4.34 Å².